The quantitative estimate of drug-likeness (QED) is 0.859. The van der Waals surface area contributed by atoms with Crippen LogP contribution in [-0.2, 0) is 7.05 Å². The highest BCUT2D eigenvalue weighted by Gasteiger charge is 2.26. The highest BCUT2D eigenvalue weighted by Crippen LogP contribution is 2.18. The van der Waals surface area contributed by atoms with Crippen LogP contribution in [-0.4, -0.2) is 46.6 Å². The summed E-state index contributed by atoms with van der Waals surface area (Å²) in [7, 11) is 1.63. The van der Waals surface area contributed by atoms with Crippen LogP contribution in [0.5, 0.6) is 0 Å². The van der Waals surface area contributed by atoms with Crippen molar-refractivity contribution in [2.45, 2.75) is 57.0 Å². The number of rotatable bonds is 3. The molecule has 1 aliphatic heterocycles. The maximum absolute atomic E-state index is 12.4. The molecule has 26 heavy (non-hydrogen) atoms. The van der Waals surface area contributed by atoms with E-state index in [2.05, 4.69) is 10.6 Å². The number of aromatic nitrogens is 1. The van der Waals surface area contributed by atoms with Gasteiger partial charge in [0.1, 0.15) is 5.56 Å². The van der Waals surface area contributed by atoms with Crippen molar-refractivity contribution < 1.29 is 9.59 Å². The second-order valence-electron chi connectivity index (χ2n) is 7.36. The molecule has 2 aliphatic rings. The molecule has 0 bridgehead atoms. The molecule has 0 aromatic carbocycles. The Morgan fingerprint density at radius 2 is 1.65 bits per heavy atom. The van der Waals surface area contributed by atoms with Crippen LogP contribution in [0.25, 0.3) is 0 Å². The second kappa shape index (κ2) is 8.38. The minimum atomic E-state index is -0.337. The maximum atomic E-state index is 12.4. The fourth-order valence-corrected chi connectivity index (χ4v) is 3.77. The number of carbonyl (C=O) groups excluding carboxylic acids is 2. The van der Waals surface area contributed by atoms with Gasteiger partial charge in [-0.2, -0.15) is 0 Å². The molecule has 7 nitrogen and oxygen atoms in total. The van der Waals surface area contributed by atoms with Crippen molar-refractivity contribution in [3.63, 3.8) is 0 Å². The summed E-state index contributed by atoms with van der Waals surface area (Å²) in [5, 5.41) is 6.07. The summed E-state index contributed by atoms with van der Waals surface area (Å²) in [6, 6.07) is 3.55. The number of carbonyl (C=O) groups is 2. The van der Waals surface area contributed by atoms with Gasteiger partial charge in [-0.15, -0.1) is 0 Å². The molecule has 1 saturated carbocycles. The fourth-order valence-electron chi connectivity index (χ4n) is 3.77. The molecule has 3 rings (SSSR count). The van der Waals surface area contributed by atoms with Crippen molar-refractivity contribution in [1.29, 1.82) is 0 Å². The average molecular weight is 360 g/mol. The van der Waals surface area contributed by atoms with Crippen LogP contribution in [0.4, 0.5) is 4.79 Å². The zero-order valence-electron chi connectivity index (χ0n) is 15.4. The van der Waals surface area contributed by atoms with E-state index in [1.165, 1.54) is 23.8 Å². The SMILES string of the molecule is Cn1cccc(C(=O)NC2CCN(C(=O)NC3CCCCC3)CC2)c1=O. The maximum Gasteiger partial charge on any atom is 0.317 e. The van der Waals surface area contributed by atoms with E-state index in [4.69, 9.17) is 0 Å². The van der Waals surface area contributed by atoms with Crippen LogP contribution in [0.2, 0.25) is 0 Å². The number of nitrogens with one attached hydrogen (secondary N) is 2. The molecule has 0 radical (unpaired) electrons. The topological polar surface area (TPSA) is 83.4 Å². The van der Waals surface area contributed by atoms with Gasteiger partial charge in [0.05, 0.1) is 0 Å². The third-order valence-electron chi connectivity index (χ3n) is 5.42. The van der Waals surface area contributed by atoms with E-state index in [1.54, 1.807) is 25.4 Å². The van der Waals surface area contributed by atoms with Crippen LogP contribution in [0.1, 0.15) is 55.3 Å². The van der Waals surface area contributed by atoms with E-state index in [0.717, 1.165) is 12.8 Å². The van der Waals surface area contributed by atoms with Crippen LogP contribution >= 0.6 is 0 Å². The van der Waals surface area contributed by atoms with Gasteiger partial charge in [-0.25, -0.2) is 4.79 Å². The van der Waals surface area contributed by atoms with Crippen LogP contribution < -0.4 is 16.2 Å². The van der Waals surface area contributed by atoms with Crippen molar-refractivity contribution in [2.75, 3.05) is 13.1 Å². The summed E-state index contributed by atoms with van der Waals surface area (Å²) < 4.78 is 1.40. The first-order valence-electron chi connectivity index (χ1n) is 9.56. The van der Waals surface area contributed by atoms with E-state index in [0.29, 0.717) is 32.0 Å². The Labute approximate surface area is 153 Å². The molecule has 2 fully saturated rings. The lowest BCUT2D eigenvalue weighted by Crippen LogP contribution is -2.51. The van der Waals surface area contributed by atoms with Crippen LogP contribution in [0.15, 0.2) is 23.1 Å². The molecule has 3 amide bonds. The highest BCUT2D eigenvalue weighted by atomic mass is 16.2. The minimum Gasteiger partial charge on any atom is -0.349 e. The van der Waals surface area contributed by atoms with Crippen molar-refractivity contribution >= 4 is 11.9 Å². The summed E-state index contributed by atoms with van der Waals surface area (Å²) in [6.07, 6.45) is 8.84. The van der Waals surface area contributed by atoms with Gasteiger partial charge in [0.25, 0.3) is 11.5 Å². The van der Waals surface area contributed by atoms with Gasteiger partial charge in [0, 0.05) is 38.4 Å². The Hall–Kier alpha value is -2.31. The first kappa shape index (κ1) is 18.5. The predicted molar refractivity (Wildman–Crippen MR) is 99.1 cm³/mol. The Kier molecular flexibility index (Phi) is 5.96. The number of urea groups is 1. The largest absolute Gasteiger partial charge is 0.349 e. The molecule has 0 spiro atoms. The van der Waals surface area contributed by atoms with Gasteiger partial charge < -0.3 is 20.1 Å². The number of likely N-dealkylation sites (tertiary alicyclic amines) is 1. The van der Waals surface area contributed by atoms with Crippen LogP contribution in [0, 0.1) is 0 Å². The highest BCUT2D eigenvalue weighted by molar-refractivity contribution is 5.94. The smallest absolute Gasteiger partial charge is 0.317 e. The number of amides is 3. The van der Waals surface area contributed by atoms with Crippen molar-refractivity contribution in [3.05, 3.63) is 34.2 Å². The average Bonchev–Trinajstić information content (AvgIpc) is 2.65. The molecular formula is C19H28N4O3. The molecule has 1 aliphatic carbocycles. The van der Waals surface area contributed by atoms with Crippen molar-refractivity contribution in [2.24, 2.45) is 7.05 Å². The summed E-state index contributed by atoms with van der Waals surface area (Å²) in [5.74, 6) is -0.337. The fraction of sp³-hybridized carbons (Fsp3) is 0.632. The zero-order valence-corrected chi connectivity index (χ0v) is 15.4. The third kappa shape index (κ3) is 4.45. The summed E-state index contributed by atoms with van der Waals surface area (Å²) in [4.78, 5) is 38.6. The molecule has 1 aromatic heterocycles. The lowest BCUT2D eigenvalue weighted by molar-refractivity contribution is 0.0915. The van der Waals surface area contributed by atoms with Crippen molar-refractivity contribution in [1.82, 2.24) is 20.1 Å². The molecule has 0 atom stereocenters. The Morgan fingerprint density at radius 3 is 2.35 bits per heavy atom. The second-order valence-corrected chi connectivity index (χ2v) is 7.36. The van der Waals surface area contributed by atoms with Gasteiger partial charge in [0.15, 0.2) is 0 Å². The summed E-state index contributed by atoms with van der Waals surface area (Å²) >= 11 is 0. The third-order valence-corrected chi connectivity index (χ3v) is 5.42. The Bertz CT molecular complexity index is 701. The molecule has 0 unspecified atom stereocenters. The number of pyridine rings is 1. The first-order chi connectivity index (χ1) is 12.5. The molecular weight excluding hydrogens is 332 g/mol. The van der Waals surface area contributed by atoms with Gasteiger partial charge in [-0.3, -0.25) is 9.59 Å². The summed E-state index contributed by atoms with van der Waals surface area (Å²) in [6.45, 7) is 1.24. The molecule has 2 heterocycles. The number of aryl methyl sites for hydroxylation is 1. The van der Waals surface area contributed by atoms with E-state index in [9.17, 15) is 14.4 Å². The number of nitrogens with zero attached hydrogens (tertiary/aromatic N) is 2. The van der Waals surface area contributed by atoms with Gasteiger partial charge >= 0.3 is 6.03 Å². The zero-order chi connectivity index (χ0) is 18.5. The number of piperidine rings is 1. The van der Waals surface area contributed by atoms with Gasteiger partial charge in [0.2, 0.25) is 0 Å². The van der Waals surface area contributed by atoms with E-state index < -0.39 is 0 Å². The number of hydrogen-bond acceptors (Lipinski definition) is 3. The molecule has 2 N–H and O–H groups in total. The van der Waals surface area contributed by atoms with Crippen molar-refractivity contribution in [3.8, 4) is 0 Å². The monoisotopic (exact) mass is 360 g/mol. The van der Waals surface area contributed by atoms with Gasteiger partial charge in [-0.1, -0.05) is 19.3 Å². The van der Waals surface area contributed by atoms with Gasteiger partial charge in [-0.05, 0) is 37.8 Å². The lowest BCUT2D eigenvalue weighted by Gasteiger charge is -2.34. The normalized spacial score (nSPS) is 19.2. The standard InChI is InChI=1S/C19H28N4O3/c1-22-11-5-8-16(18(22)25)17(24)20-15-9-12-23(13-10-15)19(26)21-14-6-3-2-4-7-14/h5,8,11,14-15H,2-4,6-7,9-10,12-13H2,1H3,(H,20,24)(H,21,26). The molecule has 1 aromatic rings. The molecule has 1 saturated heterocycles. The van der Waals surface area contributed by atoms with E-state index in [1.807, 2.05) is 4.90 Å². The number of hydrogen-bond donors (Lipinski definition) is 2. The van der Waals surface area contributed by atoms with E-state index >= 15 is 0 Å². The lowest BCUT2D eigenvalue weighted by atomic mass is 9.95. The minimum absolute atomic E-state index is 0.00820. The molecule has 7 heteroatoms. The summed E-state index contributed by atoms with van der Waals surface area (Å²) in [5.41, 5.74) is -0.137. The van der Waals surface area contributed by atoms with E-state index in [-0.39, 0.29) is 29.1 Å². The molecule has 142 valence electrons. The van der Waals surface area contributed by atoms with Crippen LogP contribution in [0.3, 0.4) is 0 Å². The first-order valence-corrected chi connectivity index (χ1v) is 9.56. The predicted octanol–water partition coefficient (Wildman–Crippen LogP) is 1.62. The Morgan fingerprint density at radius 1 is 1.00 bits per heavy atom. The Balaban J connectivity index is 1.47.